The largest absolute Gasteiger partial charge is 0.490 e. The maximum atomic E-state index is 12.8. The zero-order valence-corrected chi connectivity index (χ0v) is 18.3. The van der Waals surface area contributed by atoms with Gasteiger partial charge in [-0.25, -0.2) is 0 Å². The second kappa shape index (κ2) is 9.13. The fourth-order valence-corrected chi connectivity index (χ4v) is 3.84. The molecular weight excluding hydrogens is 466 g/mol. The number of rotatable bonds is 7. The molecule has 0 atom stereocenters. The molecule has 2 N–H and O–H groups in total. The van der Waals surface area contributed by atoms with Gasteiger partial charge in [-0.05, 0) is 69.0 Å². The number of tetrazole rings is 1. The summed E-state index contributed by atoms with van der Waals surface area (Å²) < 4.78 is 12.2. The number of halogens is 1. The molecule has 11 heteroatoms. The Hall–Kier alpha value is -3.47. The number of fused-ring (bicyclic) bond motifs is 1. The predicted octanol–water partition coefficient (Wildman–Crippen LogP) is 2.27. The Morgan fingerprint density at radius 3 is 2.94 bits per heavy atom. The summed E-state index contributed by atoms with van der Waals surface area (Å²) >= 11 is 3.50. The first-order chi connectivity index (χ1) is 15.1. The molecule has 0 aliphatic carbocycles. The van der Waals surface area contributed by atoms with E-state index >= 15 is 0 Å². The quantitative estimate of drug-likeness (QED) is 0.509. The van der Waals surface area contributed by atoms with Crippen molar-refractivity contribution >= 4 is 39.7 Å². The minimum atomic E-state index is -0.112. The van der Waals surface area contributed by atoms with E-state index in [0.29, 0.717) is 34.7 Å². The van der Waals surface area contributed by atoms with Crippen LogP contribution in [0.25, 0.3) is 0 Å². The third-order valence-corrected chi connectivity index (χ3v) is 5.24. The minimum absolute atomic E-state index is 0.0716. The Morgan fingerprint density at radius 1 is 1.32 bits per heavy atom. The van der Waals surface area contributed by atoms with Crippen LogP contribution < -0.4 is 20.1 Å². The van der Waals surface area contributed by atoms with Crippen molar-refractivity contribution in [3.63, 3.8) is 0 Å². The molecule has 0 unspecified atom stereocenters. The van der Waals surface area contributed by atoms with E-state index in [1.54, 1.807) is 17.0 Å². The lowest BCUT2D eigenvalue weighted by Crippen LogP contribution is -2.33. The third kappa shape index (κ3) is 4.50. The second-order valence-electron chi connectivity index (χ2n) is 6.65. The monoisotopic (exact) mass is 485 g/mol. The second-order valence-corrected chi connectivity index (χ2v) is 7.50. The van der Waals surface area contributed by atoms with Gasteiger partial charge in [0.25, 0.3) is 11.9 Å². The molecule has 0 radical (unpaired) electrons. The predicted molar refractivity (Wildman–Crippen MR) is 119 cm³/mol. The zero-order valence-electron chi connectivity index (χ0n) is 16.7. The van der Waals surface area contributed by atoms with Crippen LogP contribution >= 0.6 is 15.9 Å². The van der Waals surface area contributed by atoms with Crippen molar-refractivity contribution in [2.45, 2.75) is 13.3 Å². The highest BCUT2D eigenvalue weighted by Crippen LogP contribution is 2.37. The number of carbonyl (C=O) groups is 1. The molecule has 2 heterocycles. The van der Waals surface area contributed by atoms with Crippen LogP contribution in [0.1, 0.15) is 18.1 Å². The molecule has 31 heavy (non-hydrogen) atoms. The number of carbonyl (C=O) groups excluding carboxylic acids is 1. The van der Waals surface area contributed by atoms with Crippen LogP contribution in [0.15, 0.2) is 46.0 Å². The van der Waals surface area contributed by atoms with Crippen LogP contribution in [0.4, 0.5) is 11.6 Å². The summed E-state index contributed by atoms with van der Waals surface area (Å²) in [7, 11) is 0. The molecule has 0 bridgehead atoms. The molecule has 0 spiro atoms. The highest BCUT2D eigenvalue weighted by Gasteiger charge is 2.25. The highest BCUT2D eigenvalue weighted by atomic mass is 79.9. The molecule has 1 aliphatic rings. The zero-order chi connectivity index (χ0) is 21.8. The van der Waals surface area contributed by atoms with Gasteiger partial charge in [0.15, 0.2) is 18.1 Å². The maximum Gasteiger partial charge on any atom is 0.264 e. The van der Waals surface area contributed by atoms with Crippen molar-refractivity contribution < 1.29 is 14.3 Å². The average Bonchev–Trinajstić information content (AvgIpc) is 3.37. The summed E-state index contributed by atoms with van der Waals surface area (Å²) in [6.45, 7) is 2.83. The summed E-state index contributed by atoms with van der Waals surface area (Å²) in [6.07, 6.45) is 2.38. The maximum absolute atomic E-state index is 12.8. The number of ether oxygens (including phenoxy) is 2. The Labute approximate surface area is 186 Å². The topological polar surface area (TPSA) is 121 Å². The van der Waals surface area contributed by atoms with E-state index in [1.807, 2.05) is 31.2 Å². The Balaban J connectivity index is 1.50. The number of benzene rings is 2. The number of nitrogens with two attached hydrogens (primary N) is 1. The molecule has 1 amide bonds. The first kappa shape index (κ1) is 20.8. The van der Waals surface area contributed by atoms with Gasteiger partial charge in [0.2, 0.25) is 0 Å². The van der Waals surface area contributed by atoms with E-state index in [9.17, 15) is 4.79 Å². The number of nitrogens with zero attached hydrogens (tertiary/aromatic N) is 6. The van der Waals surface area contributed by atoms with Crippen molar-refractivity contribution in [2.24, 2.45) is 5.10 Å². The normalized spacial score (nSPS) is 12.9. The van der Waals surface area contributed by atoms with Crippen molar-refractivity contribution in [1.29, 1.82) is 0 Å². The number of nitrogen functional groups attached to an aromatic ring is 1. The first-order valence-electron chi connectivity index (χ1n) is 9.62. The average molecular weight is 486 g/mol. The van der Waals surface area contributed by atoms with Crippen molar-refractivity contribution in [2.75, 3.05) is 30.4 Å². The standard InChI is InChI=1S/C20H20BrN7O3/c1-2-30-17-10-13(11-23-28-20(22)24-25-26-28)9-15(21)19(17)31-12-18(29)27-8-7-14-5-3-4-6-16(14)27/h3-6,9-11H,2,7-8,12H2,1H3,(H2,22,24,26)/b23-11+. The summed E-state index contributed by atoms with van der Waals surface area (Å²) in [5.74, 6) is 0.890. The fourth-order valence-electron chi connectivity index (χ4n) is 3.27. The summed E-state index contributed by atoms with van der Waals surface area (Å²) in [4.78, 5) is 15.6. The SMILES string of the molecule is CCOc1cc(/C=N/n2nnnc2N)cc(Br)c1OCC(=O)N1CCc2ccccc21. The van der Waals surface area contributed by atoms with Crippen LogP contribution in [0, 0.1) is 0 Å². The Kier molecular flexibility index (Phi) is 6.12. The number of amides is 1. The summed E-state index contributed by atoms with van der Waals surface area (Å²) in [6, 6.07) is 11.4. The molecule has 1 aromatic heterocycles. The molecule has 160 valence electrons. The molecule has 0 fully saturated rings. The highest BCUT2D eigenvalue weighted by molar-refractivity contribution is 9.10. The van der Waals surface area contributed by atoms with Gasteiger partial charge in [-0.3, -0.25) is 4.79 Å². The van der Waals surface area contributed by atoms with Crippen LogP contribution in [-0.4, -0.2) is 52.2 Å². The van der Waals surface area contributed by atoms with Gasteiger partial charge in [-0.1, -0.05) is 28.1 Å². The van der Waals surface area contributed by atoms with Gasteiger partial charge in [-0.15, -0.1) is 0 Å². The lowest BCUT2D eigenvalue weighted by Gasteiger charge is -2.19. The minimum Gasteiger partial charge on any atom is -0.490 e. The van der Waals surface area contributed by atoms with Gasteiger partial charge >= 0.3 is 0 Å². The lowest BCUT2D eigenvalue weighted by atomic mass is 10.2. The van der Waals surface area contributed by atoms with E-state index in [2.05, 4.69) is 36.6 Å². The summed E-state index contributed by atoms with van der Waals surface area (Å²) in [5, 5.41) is 14.8. The number of anilines is 2. The molecule has 10 nitrogen and oxygen atoms in total. The number of aromatic nitrogens is 4. The van der Waals surface area contributed by atoms with Gasteiger partial charge in [0, 0.05) is 12.2 Å². The van der Waals surface area contributed by atoms with Crippen molar-refractivity contribution in [1.82, 2.24) is 20.3 Å². The molecule has 1 aliphatic heterocycles. The first-order valence-corrected chi connectivity index (χ1v) is 10.4. The number of hydrogen-bond donors (Lipinski definition) is 1. The molecule has 3 aromatic rings. The van der Waals surface area contributed by atoms with Gasteiger partial charge < -0.3 is 20.1 Å². The van der Waals surface area contributed by atoms with E-state index in [-0.39, 0.29) is 18.5 Å². The van der Waals surface area contributed by atoms with Crippen molar-refractivity contribution in [3.05, 3.63) is 52.0 Å². The lowest BCUT2D eigenvalue weighted by molar-refractivity contribution is -0.120. The van der Waals surface area contributed by atoms with Gasteiger partial charge in [0.05, 0.1) is 17.3 Å². The Morgan fingerprint density at radius 2 is 2.16 bits per heavy atom. The van der Waals surface area contributed by atoms with Crippen LogP contribution in [-0.2, 0) is 11.2 Å². The third-order valence-electron chi connectivity index (χ3n) is 4.65. The molecule has 0 saturated carbocycles. The number of para-hydroxylation sites is 1. The van der Waals surface area contributed by atoms with Crippen LogP contribution in [0.2, 0.25) is 0 Å². The van der Waals surface area contributed by atoms with Crippen molar-refractivity contribution in [3.8, 4) is 11.5 Å². The molecule has 2 aromatic carbocycles. The van der Waals surface area contributed by atoms with Gasteiger partial charge in [0.1, 0.15) is 0 Å². The van der Waals surface area contributed by atoms with Crippen LogP contribution in [0.3, 0.4) is 0 Å². The van der Waals surface area contributed by atoms with Gasteiger partial charge in [-0.2, -0.15) is 5.10 Å². The Bertz CT molecular complexity index is 1130. The summed E-state index contributed by atoms with van der Waals surface area (Å²) in [5.41, 5.74) is 8.42. The molecule has 0 saturated heterocycles. The molecular formula is C20H20BrN7O3. The van der Waals surface area contributed by atoms with E-state index in [0.717, 1.165) is 16.9 Å². The van der Waals surface area contributed by atoms with E-state index in [4.69, 9.17) is 15.2 Å². The molecule has 4 rings (SSSR count). The number of hydrogen-bond acceptors (Lipinski definition) is 8. The van der Waals surface area contributed by atoms with E-state index in [1.165, 1.54) is 11.8 Å². The van der Waals surface area contributed by atoms with E-state index < -0.39 is 0 Å². The smallest absolute Gasteiger partial charge is 0.264 e. The van der Waals surface area contributed by atoms with Crippen LogP contribution in [0.5, 0.6) is 11.5 Å². The fraction of sp³-hybridized carbons (Fsp3) is 0.250.